The van der Waals surface area contributed by atoms with E-state index in [0.717, 1.165) is 11.3 Å². The van der Waals surface area contributed by atoms with Crippen LogP contribution in [-0.4, -0.2) is 29.1 Å². The molecule has 0 fully saturated rings. The van der Waals surface area contributed by atoms with Crippen molar-refractivity contribution in [1.29, 1.82) is 0 Å². The van der Waals surface area contributed by atoms with Crippen LogP contribution in [0.3, 0.4) is 0 Å². The summed E-state index contributed by atoms with van der Waals surface area (Å²) in [7, 11) is -3.54. The second-order valence-corrected chi connectivity index (χ2v) is 10.0. The summed E-state index contributed by atoms with van der Waals surface area (Å²) < 4.78 is 27.4. The maximum absolute atomic E-state index is 12.4. The largest absolute Gasteiger partial charge is 0.349 e. The summed E-state index contributed by atoms with van der Waals surface area (Å²) in [4.78, 5) is 4.62. The van der Waals surface area contributed by atoms with Crippen LogP contribution in [0.5, 0.6) is 0 Å². The predicted molar refractivity (Wildman–Crippen MR) is 119 cm³/mol. The van der Waals surface area contributed by atoms with E-state index in [4.69, 9.17) is 0 Å². The zero-order valence-corrected chi connectivity index (χ0v) is 18.7. The lowest BCUT2D eigenvalue weighted by molar-refractivity contribution is 0.491. The maximum atomic E-state index is 12.4. The highest BCUT2D eigenvalue weighted by Gasteiger charge is 2.21. The standard InChI is InChI=1S/C21H28N6O2S/c1-14-10-15(2)12-17(11-14)23-20-24-19(25-26-20)22-13-16-6-8-18(9-7-16)30(28,29)27-21(3,4)5/h6-12,27H,13H2,1-5H3,(H3,22,23,24,25,26). The number of nitrogens with one attached hydrogen (secondary N) is 4. The Kier molecular flexibility index (Phi) is 6.14. The van der Waals surface area contributed by atoms with Crippen LogP contribution in [0.2, 0.25) is 0 Å². The number of anilines is 3. The van der Waals surface area contributed by atoms with Crippen LogP contribution in [0.15, 0.2) is 47.4 Å². The van der Waals surface area contributed by atoms with Crippen molar-refractivity contribution in [2.45, 2.75) is 51.6 Å². The third-order valence-corrected chi connectivity index (χ3v) is 5.87. The Labute approximate surface area is 177 Å². The molecule has 8 nitrogen and oxygen atoms in total. The van der Waals surface area contributed by atoms with Crippen LogP contribution >= 0.6 is 0 Å². The fourth-order valence-electron chi connectivity index (χ4n) is 3.01. The Hall–Kier alpha value is -2.91. The summed E-state index contributed by atoms with van der Waals surface area (Å²) >= 11 is 0. The first-order chi connectivity index (χ1) is 14.0. The van der Waals surface area contributed by atoms with Crippen molar-refractivity contribution in [3.05, 3.63) is 59.2 Å². The molecular formula is C21H28N6O2S. The minimum absolute atomic E-state index is 0.235. The summed E-state index contributed by atoms with van der Waals surface area (Å²) in [5.74, 6) is 0.991. The van der Waals surface area contributed by atoms with Gasteiger partial charge in [-0.05, 0) is 75.6 Å². The van der Waals surface area contributed by atoms with E-state index in [0.29, 0.717) is 18.4 Å². The van der Waals surface area contributed by atoms with Crippen molar-refractivity contribution >= 4 is 27.6 Å². The lowest BCUT2D eigenvalue weighted by atomic mass is 10.1. The average Bonchev–Trinajstić information content (AvgIpc) is 3.05. The molecule has 0 saturated carbocycles. The fourth-order valence-corrected chi connectivity index (χ4v) is 4.43. The highest BCUT2D eigenvalue weighted by atomic mass is 32.2. The van der Waals surface area contributed by atoms with Gasteiger partial charge in [0.2, 0.25) is 21.9 Å². The number of hydrogen-bond donors (Lipinski definition) is 4. The maximum Gasteiger partial charge on any atom is 0.243 e. The van der Waals surface area contributed by atoms with Gasteiger partial charge in [-0.25, -0.2) is 18.2 Å². The number of sulfonamides is 1. The number of hydrogen-bond acceptors (Lipinski definition) is 6. The van der Waals surface area contributed by atoms with E-state index in [1.165, 1.54) is 11.1 Å². The van der Waals surface area contributed by atoms with E-state index in [2.05, 4.69) is 36.6 Å². The molecule has 0 saturated heterocycles. The van der Waals surface area contributed by atoms with Gasteiger partial charge in [0.25, 0.3) is 0 Å². The van der Waals surface area contributed by atoms with Crippen LogP contribution in [0.1, 0.15) is 37.5 Å². The van der Waals surface area contributed by atoms with Crippen LogP contribution in [0.4, 0.5) is 17.6 Å². The lowest BCUT2D eigenvalue weighted by Crippen LogP contribution is -2.40. The molecule has 30 heavy (non-hydrogen) atoms. The van der Waals surface area contributed by atoms with E-state index in [9.17, 15) is 8.42 Å². The van der Waals surface area contributed by atoms with Crippen molar-refractivity contribution in [2.75, 3.05) is 10.6 Å². The van der Waals surface area contributed by atoms with Crippen molar-refractivity contribution < 1.29 is 8.42 Å². The fraction of sp³-hybridized carbons (Fsp3) is 0.333. The minimum atomic E-state index is -3.54. The van der Waals surface area contributed by atoms with Gasteiger partial charge in [0.15, 0.2) is 0 Å². The zero-order chi connectivity index (χ0) is 21.9. The smallest absolute Gasteiger partial charge is 0.243 e. The first-order valence-electron chi connectivity index (χ1n) is 9.65. The van der Waals surface area contributed by atoms with E-state index >= 15 is 0 Å². The topological polar surface area (TPSA) is 112 Å². The number of aromatic nitrogens is 3. The van der Waals surface area contributed by atoms with Crippen molar-refractivity contribution in [3.8, 4) is 0 Å². The molecule has 0 aliphatic carbocycles. The molecule has 3 rings (SSSR count). The van der Waals surface area contributed by atoms with E-state index in [-0.39, 0.29) is 4.90 Å². The number of aromatic amines is 1. The number of H-pyrrole nitrogens is 1. The monoisotopic (exact) mass is 428 g/mol. The van der Waals surface area contributed by atoms with Gasteiger partial charge in [-0.2, -0.15) is 4.98 Å². The summed E-state index contributed by atoms with van der Waals surface area (Å²) in [6, 6.07) is 12.9. The van der Waals surface area contributed by atoms with Gasteiger partial charge >= 0.3 is 0 Å². The Balaban J connectivity index is 1.60. The number of benzene rings is 2. The van der Waals surface area contributed by atoms with Gasteiger partial charge in [-0.3, -0.25) is 0 Å². The highest BCUT2D eigenvalue weighted by molar-refractivity contribution is 7.89. The third-order valence-electron chi connectivity index (χ3n) is 4.09. The van der Waals surface area contributed by atoms with Gasteiger partial charge in [-0.15, -0.1) is 5.10 Å². The van der Waals surface area contributed by atoms with Gasteiger partial charge in [0, 0.05) is 17.8 Å². The summed E-state index contributed by atoms with van der Waals surface area (Å²) in [5, 5.41) is 13.3. The first-order valence-corrected chi connectivity index (χ1v) is 11.1. The Morgan fingerprint density at radius 2 is 1.63 bits per heavy atom. The average molecular weight is 429 g/mol. The van der Waals surface area contributed by atoms with Crippen LogP contribution < -0.4 is 15.4 Å². The molecule has 0 spiro atoms. The SMILES string of the molecule is Cc1cc(C)cc(Nc2nc(NCc3ccc(S(=O)(=O)NC(C)(C)C)cc3)n[nH]2)c1. The van der Waals surface area contributed by atoms with Gasteiger partial charge < -0.3 is 10.6 Å². The minimum Gasteiger partial charge on any atom is -0.349 e. The molecule has 9 heteroatoms. The Morgan fingerprint density at radius 1 is 1.00 bits per heavy atom. The number of nitrogens with zero attached hydrogens (tertiary/aromatic N) is 2. The molecule has 0 aliphatic rings. The number of aryl methyl sites for hydroxylation is 2. The Bertz CT molecular complexity index is 1090. The molecule has 3 aromatic rings. The van der Waals surface area contributed by atoms with Gasteiger partial charge in [0.05, 0.1) is 4.90 Å². The number of rotatable bonds is 7. The van der Waals surface area contributed by atoms with Crippen molar-refractivity contribution in [2.24, 2.45) is 0 Å². The summed E-state index contributed by atoms with van der Waals surface area (Å²) in [6.45, 7) is 9.98. The second kappa shape index (κ2) is 8.45. The zero-order valence-electron chi connectivity index (χ0n) is 17.9. The molecule has 2 aromatic carbocycles. The quantitative estimate of drug-likeness (QED) is 0.455. The Morgan fingerprint density at radius 3 is 2.23 bits per heavy atom. The second-order valence-electron chi connectivity index (χ2n) is 8.36. The van der Waals surface area contributed by atoms with Crippen molar-refractivity contribution in [1.82, 2.24) is 19.9 Å². The molecule has 0 aliphatic heterocycles. The first kappa shape index (κ1) is 21.8. The summed E-state index contributed by atoms with van der Waals surface area (Å²) in [6.07, 6.45) is 0. The van der Waals surface area contributed by atoms with Crippen LogP contribution in [0, 0.1) is 13.8 Å². The molecule has 160 valence electrons. The van der Waals surface area contributed by atoms with E-state index < -0.39 is 15.6 Å². The molecule has 0 atom stereocenters. The van der Waals surface area contributed by atoms with Gasteiger partial charge in [-0.1, -0.05) is 18.2 Å². The molecule has 1 aromatic heterocycles. The molecule has 1 heterocycles. The molecule has 0 radical (unpaired) electrons. The van der Waals surface area contributed by atoms with Crippen LogP contribution in [-0.2, 0) is 16.6 Å². The summed E-state index contributed by atoms with van der Waals surface area (Å²) in [5.41, 5.74) is 3.65. The van der Waals surface area contributed by atoms with Crippen LogP contribution in [0.25, 0.3) is 0 Å². The molecule has 0 unspecified atom stereocenters. The molecule has 0 amide bonds. The highest BCUT2D eigenvalue weighted by Crippen LogP contribution is 2.18. The van der Waals surface area contributed by atoms with Gasteiger partial charge in [0.1, 0.15) is 0 Å². The molecule has 4 N–H and O–H groups in total. The van der Waals surface area contributed by atoms with Crippen molar-refractivity contribution in [3.63, 3.8) is 0 Å². The predicted octanol–water partition coefficient (Wildman–Crippen LogP) is 3.85. The third kappa shape index (κ3) is 6.04. The molecular weight excluding hydrogens is 400 g/mol. The normalized spacial score (nSPS) is 12.0. The lowest BCUT2D eigenvalue weighted by Gasteiger charge is -2.20. The van der Waals surface area contributed by atoms with E-state index in [1.54, 1.807) is 24.3 Å². The molecule has 0 bridgehead atoms. The van der Waals surface area contributed by atoms with E-state index in [1.807, 2.05) is 46.8 Å².